The lowest BCUT2D eigenvalue weighted by molar-refractivity contribution is 0.499. The normalized spacial score (nSPS) is 17.2. The topological polar surface area (TPSA) is 90.1 Å². The van der Waals surface area contributed by atoms with Gasteiger partial charge in [0.25, 0.3) is 0 Å². The molecule has 1 saturated heterocycles. The smallest absolute Gasteiger partial charge is 0.235 e. The summed E-state index contributed by atoms with van der Waals surface area (Å²) >= 11 is 0. The van der Waals surface area contributed by atoms with Gasteiger partial charge in [-0.1, -0.05) is 13.8 Å². The van der Waals surface area contributed by atoms with Crippen LogP contribution in [0.3, 0.4) is 0 Å². The zero-order valence-corrected chi connectivity index (χ0v) is 20.0. The molecular formula is C24H30FN5O2S. The van der Waals surface area contributed by atoms with Crippen molar-refractivity contribution in [2.45, 2.75) is 44.3 Å². The van der Waals surface area contributed by atoms with Gasteiger partial charge in [0.05, 0.1) is 16.3 Å². The zero-order chi connectivity index (χ0) is 23.3. The largest absolute Gasteiger partial charge is 0.374 e. The van der Waals surface area contributed by atoms with Crippen molar-refractivity contribution in [2.75, 3.05) is 36.3 Å². The molecule has 0 spiro atoms. The van der Waals surface area contributed by atoms with E-state index in [0.29, 0.717) is 53.8 Å². The maximum absolute atomic E-state index is 15.3. The Morgan fingerprint density at radius 2 is 1.97 bits per heavy atom. The fourth-order valence-corrected chi connectivity index (χ4v) is 6.50. The van der Waals surface area contributed by atoms with Crippen LogP contribution in [0.25, 0.3) is 22.2 Å². The molecule has 5 rings (SSSR count). The number of likely N-dealkylation sites (N-methyl/N-ethyl adjacent to an activating group) is 1. The highest BCUT2D eigenvalue weighted by Gasteiger charge is 2.30. The second kappa shape index (κ2) is 8.29. The number of anilines is 2. The van der Waals surface area contributed by atoms with Gasteiger partial charge in [-0.25, -0.2) is 17.8 Å². The highest BCUT2D eigenvalue weighted by Crippen LogP contribution is 2.41. The first-order valence-electron chi connectivity index (χ1n) is 11.5. The first-order valence-corrected chi connectivity index (χ1v) is 13.1. The van der Waals surface area contributed by atoms with Gasteiger partial charge >= 0.3 is 0 Å². The summed E-state index contributed by atoms with van der Waals surface area (Å²) in [5.41, 5.74) is 4.88. The molecule has 0 amide bonds. The number of sulfonamides is 1. The SMILES string of the molecule is CC(C)c1cnc2[nH]cc(-c3cc4c(cc3F)CCN4C)c2c1NS(=O)(=O)C1CCNCC1. The number of piperidine rings is 1. The highest BCUT2D eigenvalue weighted by atomic mass is 32.2. The maximum Gasteiger partial charge on any atom is 0.235 e. The van der Waals surface area contributed by atoms with Gasteiger partial charge in [0.1, 0.15) is 11.5 Å². The molecule has 176 valence electrons. The number of aromatic amines is 1. The fourth-order valence-electron chi connectivity index (χ4n) is 4.98. The lowest BCUT2D eigenvalue weighted by atomic mass is 9.97. The molecule has 0 unspecified atom stereocenters. The number of hydrogen-bond donors (Lipinski definition) is 3. The summed E-state index contributed by atoms with van der Waals surface area (Å²) in [6.45, 7) is 6.21. The number of rotatable bonds is 5. The number of hydrogen-bond acceptors (Lipinski definition) is 5. The van der Waals surface area contributed by atoms with Crippen molar-refractivity contribution in [1.82, 2.24) is 15.3 Å². The fraction of sp³-hybridized carbons (Fsp3) is 0.458. The second-order valence-electron chi connectivity index (χ2n) is 9.40. The van der Waals surface area contributed by atoms with Crippen molar-refractivity contribution in [3.05, 3.63) is 41.5 Å². The third-order valence-electron chi connectivity index (χ3n) is 6.91. The Balaban J connectivity index is 1.69. The Labute approximate surface area is 193 Å². The molecule has 4 heterocycles. The minimum Gasteiger partial charge on any atom is -0.374 e. The van der Waals surface area contributed by atoms with Crippen LogP contribution < -0.4 is 14.9 Å². The second-order valence-corrected chi connectivity index (χ2v) is 11.4. The van der Waals surface area contributed by atoms with E-state index in [-0.39, 0.29) is 11.7 Å². The molecule has 1 fully saturated rings. The summed E-state index contributed by atoms with van der Waals surface area (Å²) in [6, 6.07) is 3.47. The molecule has 0 bridgehead atoms. The summed E-state index contributed by atoms with van der Waals surface area (Å²) in [5.74, 6) is -0.279. The minimum absolute atomic E-state index is 0.0337. The van der Waals surface area contributed by atoms with Gasteiger partial charge in [-0.15, -0.1) is 0 Å². The summed E-state index contributed by atoms with van der Waals surface area (Å²) < 4.78 is 44.9. The molecule has 3 N–H and O–H groups in total. The zero-order valence-electron chi connectivity index (χ0n) is 19.2. The van der Waals surface area contributed by atoms with E-state index >= 15 is 4.39 Å². The molecule has 33 heavy (non-hydrogen) atoms. The van der Waals surface area contributed by atoms with Crippen LogP contribution in [0.4, 0.5) is 15.8 Å². The quantitative estimate of drug-likeness (QED) is 0.524. The molecule has 9 heteroatoms. The van der Waals surface area contributed by atoms with Crippen molar-refractivity contribution in [3.8, 4) is 11.1 Å². The van der Waals surface area contributed by atoms with E-state index in [1.807, 2.05) is 27.0 Å². The van der Waals surface area contributed by atoms with Crippen LogP contribution in [0.15, 0.2) is 24.5 Å². The molecular weight excluding hydrogens is 441 g/mol. The number of aromatic nitrogens is 2. The van der Waals surface area contributed by atoms with E-state index in [0.717, 1.165) is 29.8 Å². The monoisotopic (exact) mass is 471 g/mol. The van der Waals surface area contributed by atoms with E-state index in [9.17, 15) is 8.42 Å². The number of nitrogens with zero attached hydrogens (tertiary/aromatic N) is 2. The van der Waals surface area contributed by atoms with E-state index in [2.05, 4.69) is 24.9 Å². The number of fused-ring (bicyclic) bond motifs is 2. The minimum atomic E-state index is -3.62. The molecule has 0 radical (unpaired) electrons. The molecule has 2 aliphatic rings. The lowest BCUT2D eigenvalue weighted by Crippen LogP contribution is -2.38. The van der Waals surface area contributed by atoms with Gasteiger partial charge in [0.2, 0.25) is 10.0 Å². The first-order chi connectivity index (χ1) is 15.8. The van der Waals surface area contributed by atoms with Gasteiger partial charge in [0, 0.05) is 42.8 Å². The lowest BCUT2D eigenvalue weighted by Gasteiger charge is -2.25. The average Bonchev–Trinajstić information content (AvgIpc) is 3.37. The van der Waals surface area contributed by atoms with Crippen molar-refractivity contribution >= 4 is 32.4 Å². The third kappa shape index (κ3) is 3.87. The molecule has 3 aromatic rings. The molecule has 0 saturated carbocycles. The van der Waals surface area contributed by atoms with Crippen LogP contribution in [0, 0.1) is 5.82 Å². The third-order valence-corrected chi connectivity index (χ3v) is 8.75. The predicted octanol–water partition coefficient (Wildman–Crippen LogP) is 3.98. The Hall–Kier alpha value is -2.65. The number of pyridine rings is 1. The van der Waals surface area contributed by atoms with Crippen LogP contribution in [0.1, 0.15) is 43.7 Å². The van der Waals surface area contributed by atoms with Crippen LogP contribution >= 0.6 is 0 Å². The van der Waals surface area contributed by atoms with Gasteiger partial charge < -0.3 is 15.2 Å². The van der Waals surface area contributed by atoms with Gasteiger partial charge in [-0.05, 0) is 61.5 Å². The van der Waals surface area contributed by atoms with Gasteiger partial charge in [0.15, 0.2) is 0 Å². The Bertz CT molecular complexity index is 1310. The Morgan fingerprint density at radius 1 is 1.21 bits per heavy atom. The number of nitrogens with one attached hydrogen (secondary N) is 3. The van der Waals surface area contributed by atoms with Crippen LogP contribution in [0.5, 0.6) is 0 Å². The average molecular weight is 472 g/mol. The van der Waals surface area contributed by atoms with E-state index in [4.69, 9.17) is 0 Å². The van der Waals surface area contributed by atoms with Crippen molar-refractivity contribution < 1.29 is 12.8 Å². The summed E-state index contributed by atoms with van der Waals surface area (Å²) in [4.78, 5) is 9.78. The van der Waals surface area contributed by atoms with Crippen LogP contribution in [-0.4, -0.2) is 50.3 Å². The van der Waals surface area contributed by atoms with Gasteiger partial charge in [-0.3, -0.25) is 4.72 Å². The van der Waals surface area contributed by atoms with E-state index in [1.54, 1.807) is 18.5 Å². The maximum atomic E-state index is 15.3. The van der Waals surface area contributed by atoms with Crippen LogP contribution in [-0.2, 0) is 16.4 Å². The van der Waals surface area contributed by atoms with Crippen molar-refractivity contribution in [1.29, 1.82) is 0 Å². The molecule has 2 aliphatic heterocycles. The molecule has 1 aromatic carbocycles. The van der Waals surface area contributed by atoms with E-state index in [1.165, 1.54) is 0 Å². The van der Waals surface area contributed by atoms with Crippen molar-refractivity contribution in [3.63, 3.8) is 0 Å². The predicted molar refractivity (Wildman–Crippen MR) is 131 cm³/mol. The van der Waals surface area contributed by atoms with Crippen molar-refractivity contribution in [2.24, 2.45) is 0 Å². The first kappa shape index (κ1) is 22.2. The molecule has 2 aromatic heterocycles. The molecule has 7 nitrogen and oxygen atoms in total. The number of H-pyrrole nitrogens is 1. The summed E-state index contributed by atoms with van der Waals surface area (Å²) in [6.07, 6.45) is 5.38. The Kier molecular flexibility index (Phi) is 5.56. The summed E-state index contributed by atoms with van der Waals surface area (Å²) in [5, 5.41) is 3.36. The van der Waals surface area contributed by atoms with Gasteiger partial charge in [-0.2, -0.15) is 0 Å². The number of halogens is 1. The Morgan fingerprint density at radius 3 is 2.70 bits per heavy atom. The molecule has 0 atom stereocenters. The van der Waals surface area contributed by atoms with Crippen LogP contribution in [0.2, 0.25) is 0 Å². The summed E-state index contributed by atoms with van der Waals surface area (Å²) in [7, 11) is -1.62. The number of benzene rings is 1. The standard InChI is InChI=1S/C24H30FN5O2S/c1-14(2)18-12-27-24-22(23(18)29-33(31,32)16-4-7-26-8-5-16)19(13-28-24)17-11-21-15(10-20(17)25)6-9-30(21)3/h10-14,16,26H,4-9H2,1-3H3,(H2,27,28,29). The highest BCUT2D eigenvalue weighted by molar-refractivity contribution is 7.93. The van der Waals surface area contributed by atoms with E-state index < -0.39 is 15.3 Å². The molecule has 0 aliphatic carbocycles.